The van der Waals surface area contributed by atoms with Crippen molar-refractivity contribution in [3.05, 3.63) is 91.8 Å². The maximum absolute atomic E-state index is 12.9. The van der Waals surface area contributed by atoms with Crippen LogP contribution in [-0.4, -0.2) is 142 Å². The number of aromatic hydroxyl groups is 2. The third-order valence-electron chi connectivity index (χ3n) is 7.71. The summed E-state index contributed by atoms with van der Waals surface area (Å²) in [7, 11) is 0. The molecule has 0 aliphatic rings. The van der Waals surface area contributed by atoms with E-state index in [4.69, 9.17) is 11.5 Å². The van der Waals surface area contributed by atoms with Crippen molar-refractivity contribution in [1.29, 1.82) is 0 Å². The Bertz CT molecular complexity index is 1750. The Balaban J connectivity index is 1.60. The lowest BCUT2D eigenvalue weighted by atomic mass is 10.1. The molecule has 2 heterocycles. The van der Waals surface area contributed by atoms with E-state index in [0.29, 0.717) is 32.7 Å². The molecule has 0 atom stereocenters. The molecule has 0 unspecified atom stereocenters. The second-order valence-electron chi connectivity index (χ2n) is 11.3. The topological polar surface area (TPSA) is 300 Å². The van der Waals surface area contributed by atoms with Gasteiger partial charge in [0.1, 0.15) is 11.4 Å². The van der Waals surface area contributed by atoms with Crippen molar-refractivity contribution >= 4 is 23.6 Å². The van der Waals surface area contributed by atoms with Crippen LogP contribution in [0.25, 0.3) is 0 Å². The van der Waals surface area contributed by atoms with Gasteiger partial charge in [0.15, 0.2) is 11.5 Å². The molecule has 0 fully saturated rings. The van der Waals surface area contributed by atoms with E-state index in [9.17, 15) is 49.4 Å². The van der Waals surface area contributed by atoms with E-state index in [1.807, 2.05) is 4.90 Å². The fraction of sp³-hybridized carbons (Fsp3) is 0.375. The van der Waals surface area contributed by atoms with Gasteiger partial charge in [0, 0.05) is 90.7 Å². The fourth-order valence-corrected chi connectivity index (χ4v) is 4.97. The van der Waals surface area contributed by atoms with E-state index >= 15 is 0 Å². The van der Waals surface area contributed by atoms with E-state index in [1.54, 1.807) is 4.90 Å². The minimum atomic E-state index is -0.799. The number of nitrogens with one attached hydrogen (secondary N) is 4. The van der Waals surface area contributed by atoms with Crippen LogP contribution < -0.4 is 43.9 Å². The summed E-state index contributed by atoms with van der Waals surface area (Å²) in [6.45, 7) is 3.12. The van der Waals surface area contributed by atoms with Gasteiger partial charge in [-0.1, -0.05) is 12.1 Å². The van der Waals surface area contributed by atoms with E-state index in [0.717, 1.165) is 12.1 Å². The van der Waals surface area contributed by atoms with Crippen LogP contribution in [0.3, 0.4) is 0 Å². The molecule has 20 heteroatoms. The second-order valence-corrected chi connectivity index (χ2v) is 11.3. The van der Waals surface area contributed by atoms with Crippen molar-refractivity contribution in [3.8, 4) is 11.5 Å². The van der Waals surface area contributed by atoms with Crippen molar-refractivity contribution in [2.24, 2.45) is 11.5 Å². The second kappa shape index (κ2) is 20.0. The predicted octanol–water partition coefficient (Wildman–Crippen LogP) is -3.26. The molecule has 0 aliphatic heterocycles. The quantitative estimate of drug-likeness (QED) is 0.0404. The monoisotopic (exact) mass is 728 g/mol. The molecule has 1 aromatic carbocycles. The molecule has 2 aromatic heterocycles. The molecule has 4 amide bonds. The number of aromatic nitrogens is 2. The van der Waals surface area contributed by atoms with Crippen LogP contribution in [0.1, 0.15) is 41.7 Å². The fourth-order valence-electron chi connectivity index (χ4n) is 4.97. The van der Waals surface area contributed by atoms with Crippen LogP contribution in [0.4, 0.5) is 0 Å². The Morgan fingerprint density at radius 2 is 0.865 bits per heavy atom. The molecule has 20 nitrogen and oxygen atoms in total. The van der Waals surface area contributed by atoms with E-state index in [-0.39, 0.29) is 77.8 Å². The van der Waals surface area contributed by atoms with Crippen LogP contribution in [0.5, 0.6) is 11.5 Å². The molecule has 52 heavy (non-hydrogen) atoms. The first-order valence-corrected chi connectivity index (χ1v) is 16.2. The summed E-state index contributed by atoms with van der Waals surface area (Å²) in [5.41, 5.74) is 8.46. The lowest BCUT2D eigenvalue weighted by Crippen LogP contribution is -2.43. The van der Waals surface area contributed by atoms with Gasteiger partial charge in [-0.2, -0.15) is 0 Å². The van der Waals surface area contributed by atoms with Crippen LogP contribution in [0.15, 0.2) is 58.1 Å². The van der Waals surface area contributed by atoms with Gasteiger partial charge in [-0.05, 0) is 24.3 Å². The maximum atomic E-state index is 12.9. The van der Waals surface area contributed by atoms with Crippen molar-refractivity contribution in [2.45, 2.75) is 0 Å². The number of rotatable bonds is 20. The number of pyridine rings is 2. The van der Waals surface area contributed by atoms with Gasteiger partial charge < -0.3 is 53.4 Å². The molecular weight excluding hydrogens is 684 g/mol. The summed E-state index contributed by atoms with van der Waals surface area (Å²) in [6.07, 6.45) is 0. The number of amides is 4. The van der Waals surface area contributed by atoms with Gasteiger partial charge >= 0.3 is 0 Å². The van der Waals surface area contributed by atoms with Gasteiger partial charge in [-0.15, -0.1) is 9.46 Å². The number of nitrogens with two attached hydrogens (primary N) is 2. The summed E-state index contributed by atoms with van der Waals surface area (Å²) in [5, 5.41) is 51.2. The molecule has 0 saturated heterocycles. The standard InChI is InChI=1S/C32H44N10O10/c33-9-15-39(16-10-34)17-11-35-29(47)21-7-8-22(28(46)27(21)45)30(48)36-12-18-40(19-13-37-31(49)23-3-1-5-25(43)41(23)51)20-14-38-32(50)24-4-2-6-26(44)42(24)52/h1-8,45-46,51-52H,9-20,33-34H2,(H,35,47)(H,36,48)(H,37,49)(H,38,50). The molecule has 0 radical (unpaired) electrons. The van der Waals surface area contributed by atoms with Gasteiger partial charge in [0.25, 0.3) is 34.7 Å². The van der Waals surface area contributed by atoms with Gasteiger partial charge in [-0.3, -0.25) is 38.6 Å². The summed E-state index contributed by atoms with van der Waals surface area (Å²) in [5.74, 6) is -4.49. The zero-order valence-electron chi connectivity index (χ0n) is 28.3. The Hall–Kier alpha value is -5.96. The maximum Gasteiger partial charge on any atom is 0.283 e. The Morgan fingerprint density at radius 1 is 0.538 bits per heavy atom. The highest BCUT2D eigenvalue weighted by molar-refractivity contribution is 6.02. The first-order valence-electron chi connectivity index (χ1n) is 16.2. The molecule has 0 saturated carbocycles. The minimum Gasteiger partial charge on any atom is -0.504 e. The van der Waals surface area contributed by atoms with Crippen LogP contribution in [0, 0.1) is 0 Å². The number of phenols is 2. The summed E-state index contributed by atoms with van der Waals surface area (Å²) in [4.78, 5) is 77.7. The molecule has 282 valence electrons. The number of hydrogen-bond donors (Lipinski definition) is 10. The largest absolute Gasteiger partial charge is 0.504 e. The smallest absolute Gasteiger partial charge is 0.283 e. The van der Waals surface area contributed by atoms with Crippen LogP contribution >= 0.6 is 0 Å². The highest BCUT2D eigenvalue weighted by atomic mass is 16.5. The number of carbonyl (C=O) groups excluding carboxylic acids is 4. The molecule has 0 spiro atoms. The Kier molecular flexibility index (Phi) is 15.6. The zero-order valence-corrected chi connectivity index (χ0v) is 28.3. The predicted molar refractivity (Wildman–Crippen MR) is 186 cm³/mol. The van der Waals surface area contributed by atoms with Gasteiger partial charge in [-0.25, -0.2) is 0 Å². The van der Waals surface area contributed by atoms with E-state index in [2.05, 4.69) is 21.3 Å². The third-order valence-corrected chi connectivity index (χ3v) is 7.71. The van der Waals surface area contributed by atoms with Crippen LogP contribution in [-0.2, 0) is 0 Å². The SMILES string of the molecule is NCCN(CCN)CCNC(=O)c1ccc(C(=O)NCCN(CCNC(=O)c2cccc(=O)n2O)CCNC(=O)c2cccc(=O)n2O)c(O)c1O. The van der Waals surface area contributed by atoms with E-state index < -0.39 is 46.2 Å². The average molecular weight is 729 g/mol. The highest BCUT2D eigenvalue weighted by Crippen LogP contribution is 2.32. The summed E-state index contributed by atoms with van der Waals surface area (Å²) >= 11 is 0. The third kappa shape index (κ3) is 11.3. The lowest BCUT2D eigenvalue weighted by molar-refractivity contribution is 0.0885. The number of phenolic OH excluding ortho intramolecular Hbond substituents is 2. The molecule has 3 rings (SSSR count). The number of hydrogen-bond acceptors (Lipinski definition) is 14. The van der Waals surface area contributed by atoms with Gasteiger partial charge in [0.2, 0.25) is 0 Å². The van der Waals surface area contributed by atoms with Gasteiger partial charge in [0.05, 0.1) is 11.1 Å². The van der Waals surface area contributed by atoms with Crippen molar-refractivity contribution in [1.82, 2.24) is 40.5 Å². The first kappa shape index (κ1) is 40.5. The van der Waals surface area contributed by atoms with E-state index in [1.165, 1.54) is 36.4 Å². The highest BCUT2D eigenvalue weighted by Gasteiger charge is 2.21. The number of nitrogens with zero attached hydrogens (tertiary/aromatic N) is 4. The molecule has 12 N–H and O–H groups in total. The first-order chi connectivity index (χ1) is 24.9. The average Bonchev–Trinajstić information content (AvgIpc) is 3.11. The lowest BCUT2D eigenvalue weighted by Gasteiger charge is -2.23. The Morgan fingerprint density at radius 3 is 1.21 bits per heavy atom. The molecule has 3 aromatic rings. The molecular formula is C32H44N10O10. The molecule has 0 aliphatic carbocycles. The number of benzene rings is 1. The van der Waals surface area contributed by atoms with Crippen molar-refractivity contribution in [2.75, 3.05) is 78.5 Å². The normalized spacial score (nSPS) is 11.0. The van der Waals surface area contributed by atoms with Crippen molar-refractivity contribution in [3.63, 3.8) is 0 Å². The van der Waals surface area contributed by atoms with Crippen LogP contribution in [0.2, 0.25) is 0 Å². The number of carbonyl (C=O) groups is 4. The summed E-state index contributed by atoms with van der Waals surface area (Å²) < 4.78 is 0.410. The minimum absolute atomic E-state index is 0.00886. The zero-order chi connectivity index (χ0) is 38.2. The summed E-state index contributed by atoms with van der Waals surface area (Å²) in [6, 6.07) is 9.65. The van der Waals surface area contributed by atoms with Crippen molar-refractivity contribution < 1.29 is 39.8 Å². The molecule has 0 bridgehead atoms. The Labute approximate surface area is 297 Å².